The fourth-order valence-corrected chi connectivity index (χ4v) is 3.07. The van der Waals surface area contributed by atoms with E-state index in [1.807, 2.05) is 32.0 Å². The summed E-state index contributed by atoms with van der Waals surface area (Å²) in [7, 11) is 0. The van der Waals surface area contributed by atoms with E-state index in [9.17, 15) is 14.0 Å². The Bertz CT molecular complexity index is 1190. The monoisotopic (exact) mass is 447 g/mol. The smallest absolute Gasteiger partial charge is 0.257 e. The Labute approximate surface area is 191 Å². The van der Waals surface area contributed by atoms with Crippen molar-refractivity contribution >= 4 is 46.6 Å². The van der Waals surface area contributed by atoms with Crippen LogP contribution in [0.3, 0.4) is 0 Å². The molecule has 0 aliphatic heterocycles. The molecule has 0 aliphatic carbocycles. The second kappa shape index (κ2) is 10.5. The molecule has 3 aromatic carbocycles. The number of amides is 2. The molecule has 2 amide bonds. The molecule has 0 unspecified atom stereocenters. The third kappa shape index (κ3) is 6.33. The van der Waals surface area contributed by atoms with E-state index in [0.29, 0.717) is 22.5 Å². The molecule has 0 fully saturated rings. The van der Waals surface area contributed by atoms with Gasteiger partial charge in [0.05, 0.1) is 11.3 Å². The van der Waals surface area contributed by atoms with E-state index in [-0.39, 0.29) is 16.8 Å². The van der Waals surface area contributed by atoms with E-state index in [1.165, 1.54) is 18.2 Å². The number of halogens is 1. The highest BCUT2D eigenvalue weighted by Crippen LogP contribution is 2.19. The van der Waals surface area contributed by atoms with Gasteiger partial charge in [-0.1, -0.05) is 30.3 Å². The number of hydrogen-bond acceptors (Lipinski definition) is 3. The first kappa shape index (κ1) is 22.8. The Kier molecular flexibility index (Phi) is 7.46. The Morgan fingerprint density at radius 3 is 2.34 bits per heavy atom. The molecule has 0 saturated heterocycles. The zero-order chi connectivity index (χ0) is 23.1. The van der Waals surface area contributed by atoms with Gasteiger partial charge >= 0.3 is 0 Å². The van der Waals surface area contributed by atoms with Gasteiger partial charge < -0.3 is 10.6 Å². The van der Waals surface area contributed by atoms with Crippen molar-refractivity contribution in [2.24, 2.45) is 0 Å². The van der Waals surface area contributed by atoms with Gasteiger partial charge in [0.1, 0.15) is 5.82 Å². The molecular formula is C25H22FN3O2S. The van der Waals surface area contributed by atoms with E-state index in [4.69, 9.17) is 12.2 Å². The maximum absolute atomic E-state index is 13.0. The molecule has 0 aromatic heterocycles. The summed E-state index contributed by atoms with van der Waals surface area (Å²) in [5.41, 5.74) is 4.42. The van der Waals surface area contributed by atoms with Gasteiger partial charge in [0.25, 0.3) is 5.91 Å². The Morgan fingerprint density at radius 2 is 1.62 bits per heavy atom. The molecular weight excluding hydrogens is 425 g/mol. The Morgan fingerprint density at radius 1 is 0.906 bits per heavy atom. The van der Waals surface area contributed by atoms with Crippen LogP contribution in [-0.4, -0.2) is 16.9 Å². The molecule has 0 aliphatic rings. The first-order valence-corrected chi connectivity index (χ1v) is 10.3. The summed E-state index contributed by atoms with van der Waals surface area (Å²) < 4.78 is 13.0. The molecule has 3 aromatic rings. The van der Waals surface area contributed by atoms with Crippen molar-refractivity contribution in [3.8, 4) is 0 Å². The minimum absolute atomic E-state index is 0.0465. The van der Waals surface area contributed by atoms with Crippen LogP contribution in [0.25, 0.3) is 6.08 Å². The third-order valence-corrected chi connectivity index (χ3v) is 4.92. The van der Waals surface area contributed by atoms with Gasteiger partial charge in [0, 0.05) is 11.8 Å². The number of anilines is 2. The fourth-order valence-electron chi connectivity index (χ4n) is 2.86. The van der Waals surface area contributed by atoms with Gasteiger partial charge in [-0.2, -0.15) is 0 Å². The maximum Gasteiger partial charge on any atom is 0.257 e. The lowest BCUT2D eigenvalue weighted by molar-refractivity contribution is -0.115. The summed E-state index contributed by atoms with van der Waals surface area (Å²) in [6, 6.07) is 18.3. The molecule has 5 nitrogen and oxygen atoms in total. The van der Waals surface area contributed by atoms with Crippen LogP contribution in [0, 0.1) is 19.7 Å². The minimum Gasteiger partial charge on any atom is -0.332 e. The van der Waals surface area contributed by atoms with Crippen LogP contribution in [0.1, 0.15) is 27.0 Å². The van der Waals surface area contributed by atoms with Crippen LogP contribution in [0.4, 0.5) is 15.8 Å². The quantitative estimate of drug-likeness (QED) is 0.370. The summed E-state index contributed by atoms with van der Waals surface area (Å²) >= 11 is 5.21. The number of benzene rings is 3. The predicted molar refractivity (Wildman–Crippen MR) is 130 cm³/mol. The van der Waals surface area contributed by atoms with Crippen molar-refractivity contribution in [2.75, 3.05) is 10.6 Å². The van der Waals surface area contributed by atoms with Crippen molar-refractivity contribution in [2.45, 2.75) is 13.8 Å². The Balaban J connectivity index is 1.63. The SMILES string of the molecule is Cc1ccc(NC(=O)c2ccccc2NC(=S)NC(=O)C=Cc2ccc(F)cc2)cc1C. The topological polar surface area (TPSA) is 70.2 Å². The number of rotatable bonds is 5. The van der Waals surface area contributed by atoms with Gasteiger partial charge in [0.15, 0.2) is 5.11 Å². The highest BCUT2D eigenvalue weighted by molar-refractivity contribution is 7.80. The van der Waals surface area contributed by atoms with Crippen molar-refractivity contribution in [3.63, 3.8) is 0 Å². The van der Waals surface area contributed by atoms with Gasteiger partial charge in [-0.05, 0) is 85.2 Å². The largest absolute Gasteiger partial charge is 0.332 e. The number of para-hydroxylation sites is 1. The second-order valence-electron chi connectivity index (χ2n) is 7.13. The number of aryl methyl sites for hydroxylation is 2. The number of carbonyl (C=O) groups is 2. The minimum atomic E-state index is -0.455. The van der Waals surface area contributed by atoms with Crippen LogP contribution in [-0.2, 0) is 4.79 Å². The van der Waals surface area contributed by atoms with Crippen LogP contribution >= 0.6 is 12.2 Å². The lowest BCUT2D eigenvalue weighted by atomic mass is 10.1. The fraction of sp³-hybridized carbons (Fsp3) is 0.0800. The maximum atomic E-state index is 13.0. The molecule has 0 spiro atoms. The number of thiocarbonyl (C=S) groups is 1. The highest BCUT2D eigenvalue weighted by Gasteiger charge is 2.13. The summed E-state index contributed by atoms with van der Waals surface area (Å²) in [6.45, 7) is 3.98. The summed E-state index contributed by atoms with van der Waals surface area (Å²) in [4.78, 5) is 24.9. The molecule has 0 saturated carbocycles. The molecule has 0 bridgehead atoms. The van der Waals surface area contributed by atoms with Gasteiger partial charge in [-0.25, -0.2) is 4.39 Å². The van der Waals surface area contributed by atoms with Crippen LogP contribution < -0.4 is 16.0 Å². The first-order chi connectivity index (χ1) is 15.3. The van der Waals surface area contributed by atoms with Gasteiger partial charge in [-0.3, -0.25) is 14.9 Å². The van der Waals surface area contributed by atoms with Crippen molar-refractivity contribution in [3.05, 3.63) is 101 Å². The van der Waals surface area contributed by atoms with E-state index in [0.717, 1.165) is 11.1 Å². The molecule has 3 N–H and O–H groups in total. The average Bonchev–Trinajstić information content (AvgIpc) is 2.76. The molecule has 7 heteroatoms. The third-order valence-electron chi connectivity index (χ3n) is 4.72. The summed E-state index contributed by atoms with van der Waals surface area (Å²) in [5, 5.41) is 8.34. The van der Waals surface area contributed by atoms with E-state index in [1.54, 1.807) is 42.5 Å². The molecule has 0 heterocycles. The van der Waals surface area contributed by atoms with Gasteiger partial charge in [-0.15, -0.1) is 0 Å². The van der Waals surface area contributed by atoms with Crippen molar-refractivity contribution < 1.29 is 14.0 Å². The molecule has 32 heavy (non-hydrogen) atoms. The normalized spacial score (nSPS) is 10.6. The molecule has 162 valence electrons. The number of hydrogen-bond donors (Lipinski definition) is 3. The predicted octanol–water partition coefficient (Wildman–Crippen LogP) is 5.22. The second-order valence-corrected chi connectivity index (χ2v) is 7.54. The highest BCUT2D eigenvalue weighted by atomic mass is 32.1. The van der Waals surface area contributed by atoms with Crippen molar-refractivity contribution in [1.29, 1.82) is 0 Å². The average molecular weight is 448 g/mol. The first-order valence-electron chi connectivity index (χ1n) is 9.85. The van der Waals surface area contributed by atoms with E-state index in [2.05, 4.69) is 16.0 Å². The van der Waals surface area contributed by atoms with Gasteiger partial charge in [0.2, 0.25) is 5.91 Å². The lowest BCUT2D eigenvalue weighted by Crippen LogP contribution is -2.33. The van der Waals surface area contributed by atoms with Crippen molar-refractivity contribution in [1.82, 2.24) is 5.32 Å². The zero-order valence-corrected chi connectivity index (χ0v) is 18.4. The molecule has 0 radical (unpaired) electrons. The Hall–Kier alpha value is -3.84. The lowest BCUT2D eigenvalue weighted by Gasteiger charge is -2.13. The number of carbonyl (C=O) groups excluding carboxylic acids is 2. The molecule has 0 atom stereocenters. The van der Waals surface area contributed by atoms with E-state index < -0.39 is 5.91 Å². The van der Waals surface area contributed by atoms with Crippen LogP contribution in [0.15, 0.2) is 72.8 Å². The molecule has 3 rings (SSSR count). The van der Waals surface area contributed by atoms with Crippen LogP contribution in [0.2, 0.25) is 0 Å². The van der Waals surface area contributed by atoms with E-state index >= 15 is 0 Å². The summed E-state index contributed by atoms with van der Waals surface area (Å²) in [6.07, 6.45) is 2.84. The van der Waals surface area contributed by atoms with Crippen LogP contribution in [0.5, 0.6) is 0 Å². The number of nitrogens with one attached hydrogen (secondary N) is 3. The standard InChI is InChI=1S/C25H22FN3O2S/c1-16-7-13-20(15-17(16)2)27-24(31)21-5-3-4-6-22(21)28-25(32)29-23(30)14-10-18-8-11-19(26)12-9-18/h3-15H,1-2H3,(H,27,31)(H2,28,29,30,32). The summed E-state index contributed by atoms with van der Waals surface area (Å²) in [5.74, 6) is -1.11. The zero-order valence-electron chi connectivity index (χ0n) is 17.6.